The van der Waals surface area contributed by atoms with Crippen molar-refractivity contribution in [2.24, 2.45) is 0 Å². The Morgan fingerprint density at radius 1 is 1.06 bits per heavy atom. The lowest BCUT2D eigenvalue weighted by molar-refractivity contribution is 0.0556. The van der Waals surface area contributed by atoms with Gasteiger partial charge in [-0.25, -0.2) is 0 Å². The van der Waals surface area contributed by atoms with Crippen LogP contribution in [0, 0.1) is 6.92 Å². The number of carbonyl (C=O) groups excluding carboxylic acids is 1. The van der Waals surface area contributed by atoms with Crippen LogP contribution in [0.1, 0.15) is 101 Å². The zero-order valence-corrected chi connectivity index (χ0v) is 22.2. The second-order valence-corrected chi connectivity index (χ2v) is 10.5. The monoisotopic (exact) mass is 502 g/mol. The summed E-state index contributed by atoms with van der Waals surface area (Å²) < 4.78 is 6.98. The summed E-state index contributed by atoms with van der Waals surface area (Å²) in [7, 11) is 0. The molecule has 0 amide bonds. The van der Waals surface area contributed by atoms with Gasteiger partial charge in [-0.05, 0) is 109 Å². The average molecular weight is 504 g/mol. The molecule has 1 unspecified atom stereocenters. The summed E-state index contributed by atoms with van der Waals surface area (Å²) in [4.78, 5) is 11.5. The summed E-state index contributed by atoms with van der Waals surface area (Å²) in [6.07, 6.45) is 15.7. The fourth-order valence-electron chi connectivity index (χ4n) is 4.23. The van der Waals surface area contributed by atoms with Gasteiger partial charge in [-0.15, -0.1) is 0 Å². The number of phenols is 1. The van der Waals surface area contributed by atoms with Crippen molar-refractivity contribution in [3.63, 3.8) is 0 Å². The molecule has 1 atom stereocenters. The number of benzene rings is 1. The van der Waals surface area contributed by atoms with E-state index in [9.17, 15) is 9.90 Å². The molecule has 4 heteroatoms. The number of halogens is 1. The van der Waals surface area contributed by atoms with Crippen molar-refractivity contribution < 1.29 is 14.6 Å². The number of allylic oxidation sites excluding steroid dienone is 6. The number of hydrogen-bond acceptors (Lipinski definition) is 3. The maximum atomic E-state index is 11.5. The zero-order chi connectivity index (χ0) is 23.9. The van der Waals surface area contributed by atoms with Crippen LogP contribution in [0.4, 0.5) is 0 Å². The van der Waals surface area contributed by atoms with Crippen LogP contribution in [-0.2, 0) is 6.42 Å². The molecule has 1 aromatic carbocycles. The van der Waals surface area contributed by atoms with Crippen LogP contribution in [0.3, 0.4) is 0 Å². The first kappa shape index (κ1) is 26.4. The highest BCUT2D eigenvalue weighted by atomic mass is 79.9. The van der Waals surface area contributed by atoms with Gasteiger partial charge in [0.2, 0.25) is 0 Å². The fraction of sp³-hybridized carbons (Fsp3) is 0.536. The largest absolute Gasteiger partial charge is 0.506 e. The SMILES string of the molecule is CC(C)=CCC/C(C)=C/CC/C(C)=C/CCC1(C)CCc2c(C=O)c(O)c(Br)c(C)c2O1. The van der Waals surface area contributed by atoms with Gasteiger partial charge in [-0.3, -0.25) is 4.79 Å². The van der Waals surface area contributed by atoms with E-state index in [0.717, 1.165) is 74.5 Å². The highest BCUT2D eigenvalue weighted by molar-refractivity contribution is 9.10. The second-order valence-electron chi connectivity index (χ2n) is 9.68. The number of ether oxygens (including phenoxy) is 1. The average Bonchev–Trinajstić information content (AvgIpc) is 2.73. The number of rotatable bonds is 10. The van der Waals surface area contributed by atoms with Crippen molar-refractivity contribution >= 4 is 22.2 Å². The summed E-state index contributed by atoms with van der Waals surface area (Å²) in [5.41, 5.74) is 6.04. The maximum Gasteiger partial charge on any atom is 0.154 e. The van der Waals surface area contributed by atoms with Crippen LogP contribution in [0.25, 0.3) is 0 Å². The summed E-state index contributed by atoms with van der Waals surface area (Å²) in [6.45, 7) is 12.8. The number of aldehydes is 1. The van der Waals surface area contributed by atoms with E-state index in [1.807, 2.05) is 6.92 Å². The van der Waals surface area contributed by atoms with Gasteiger partial charge < -0.3 is 9.84 Å². The first-order chi connectivity index (χ1) is 15.1. The minimum atomic E-state index is -0.271. The fourth-order valence-corrected chi connectivity index (χ4v) is 4.62. The zero-order valence-electron chi connectivity index (χ0n) is 20.6. The van der Waals surface area contributed by atoms with Crippen LogP contribution in [0.15, 0.2) is 39.4 Å². The number of carbonyl (C=O) groups is 1. The van der Waals surface area contributed by atoms with Crippen molar-refractivity contribution in [2.45, 2.75) is 98.5 Å². The van der Waals surface area contributed by atoms with E-state index in [1.54, 1.807) is 0 Å². The quantitative estimate of drug-likeness (QED) is 0.257. The standard InChI is InChI=1S/C28H39BrO3/c1-19(2)10-7-11-20(3)12-8-13-21(4)14-9-16-28(6)17-15-23-24(18-30)26(31)25(29)22(5)27(23)32-28/h10,12,14,18,31H,7-9,11,13,15-17H2,1-6H3/b20-12+,21-14+. The van der Waals surface area contributed by atoms with Gasteiger partial charge in [0.25, 0.3) is 0 Å². The second kappa shape index (κ2) is 11.9. The van der Waals surface area contributed by atoms with Gasteiger partial charge in [-0.1, -0.05) is 34.9 Å². The highest BCUT2D eigenvalue weighted by Gasteiger charge is 2.34. The van der Waals surface area contributed by atoms with Gasteiger partial charge in [-0.2, -0.15) is 0 Å². The van der Waals surface area contributed by atoms with Crippen LogP contribution < -0.4 is 4.74 Å². The number of aromatic hydroxyl groups is 1. The first-order valence-corrected chi connectivity index (χ1v) is 12.5. The molecule has 1 heterocycles. The van der Waals surface area contributed by atoms with E-state index in [4.69, 9.17) is 4.74 Å². The normalized spacial score (nSPS) is 18.7. The summed E-state index contributed by atoms with van der Waals surface area (Å²) in [5.74, 6) is 0.767. The van der Waals surface area contributed by atoms with Crippen LogP contribution in [-0.4, -0.2) is 17.0 Å². The minimum Gasteiger partial charge on any atom is -0.506 e. The Hall–Kier alpha value is -1.81. The lowest BCUT2D eigenvalue weighted by Crippen LogP contribution is -2.37. The van der Waals surface area contributed by atoms with Gasteiger partial charge in [0.1, 0.15) is 17.1 Å². The van der Waals surface area contributed by atoms with E-state index in [2.05, 4.69) is 68.8 Å². The Morgan fingerprint density at radius 3 is 2.25 bits per heavy atom. The molecule has 0 aromatic heterocycles. The molecule has 0 saturated carbocycles. The van der Waals surface area contributed by atoms with Crippen molar-refractivity contribution in [1.82, 2.24) is 0 Å². The van der Waals surface area contributed by atoms with Gasteiger partial charge >= 0.3 is 0 Å². The Morgan fingerprint density at radius 2 is 1.66 bits per heavy atom. The summed E-state index contributed by atoms with van der Waals surface area (Å²) in [5, 5.41) is 10.3. The molecular formula is C28H39BrO3. The van der Waals surface area contributed by atoms with Crippen molar-refractivity contribution in [1.29, 1.82) is 0 Å². The topological polar surface area (TPSA) is 46.5 Å². The molecule has 3 nitrogen and oxygen atoms in total. The van der Waals surface area contributed by atoms with Crippen LogP contribution >= 0.6 is 15.9 Å². The summed E-state index contributed by atoms with van der Waals surface area (Å²) >= 11 is 3.41. The molecule has 0 saturated heterocycles. The Labute approximate surface area is 202 Å². The summed E-state index contributed by atoms with van der Waals surface area (Å²) in [6, 6.07) is 0. The molecule has 2 rings (SSSR count). The molecule has 0 fully saturated rings. The minimum absolute atomic E-state index is 0.0169. The third kappa shape index (κ3) is 7.10. The molecule has 32 heavy (non-hydrogen) atoms. The molecule has 0 spiro atoms. The predicted molar refractivity (Wildman–Crippen MR) is 138 cm³/mol. The van der Waals surface area contributed by atoms with Crippen molar-refractivity contribution in [3.8, 4) is 11.5 Å². The highest BCUT2D eigenvalue weighted by Crippen LogP contribution is 2.46. The van der Waals surface area contributed by atoms with E-state index in [1.165, 1.54) is 16.7 Å². The van der Waals surface area contributed by atoms with Crippen LogP contribution in [0.2, 0.25) is 0 Å². The Bertz CT molecular complexity index is 919. The maximum absolute atomic E-state index is 11.5. The lowest BCUT2D eigenvalue weighted by atomic mass is 9.86. The van der Waals surface area contributed by atoms with Gasteiger partial charge in [0, 0.05) is 11.1 Å². The number of fused-ring (bicyclic) bond motifs is 1. The number of hydrogen-bond donors (Lipinski definition) is 1. The van der Waals surface area contributed by atoms with Crippen molar-refractivity contribution in [2.75, 3.05) is 0 Å². The van der Waals surface area contributed by atoms with Gasteiger partial charge in [0.15, 0.2) is 6.29 Å². The molecule has 1 N–H and O–H groups in total. The van der Waals surface area contributed by atoms with E-state index < -0.39 is 0 Å². The van der Waals surface area contributed by atoms with Crippen molar-refractivity contribution in [3.05, 3.63) is 56.1 Å². The number of phenolic OH excluding ortho intramolecular Hbond substituents is 1. The van der Waals surface area contributed by atoms with Crippen LogP contribution in [0.5, 0.6) is 11.5 Å². The third-order valence-electron chi connectivity index (χ3n) is 6.39. The van der Waals surface area contributed by atoms with E-state index >= 15 is 0 Å². The smallest absolute Gasteiger partial charge is 0.154 e. The Balaban J connectivity index is 1.92. The predicted octanol–water partition coefficient (Wildman–Crippen LogP) is 8.56. The molecular weight excluding hydrogens is 464 g/mol. The third-order valence-corrected chi connectivity index (χ3v) is 7.36. The molecule has 0 radical (unpaired) electrons. The molecule has 1 aromatic rings. The Kier molecular flexibility index (Phi) is 9.82. The van der Waals surface area contributed by atoms with E-state index in [-0.39, 0.29) is 11.4 Å². The first-order valence-electron chi connectivity index (χ1n) is 11.7. The van der Waals surface area contributed by atoms with Gasteiger partial charge in [0.05, 0.1) is 10.0 Å². The van der Waals surface area contributed by atoms with E-state index in [0.29, 0.717) is 10.0 Å². The molecule has 1 aliphatic heterocycles. The lowest BCUT2D eigenvalue weighted by Gasteiger charge is -2.37. The molecule has 0 bridgehead atoms. The molecule has 176 valence electrons. The molecule has 1 aliphatic rings. The molecule has 0 aliphatic carbocycles.